The summed E-state index contributed by atoms with van der Waals surface area (Å²) in [6.07, 6.45) is -0.975. The number of benzene rings is 2. The van der Waals surface area contributed by atoms with Crippen molar-refractivity contribution in [3.05, 3.63) is 53.6 Å². The molecule has 30 heavy (non-hydrogen) atoms. The Bertz CT molecular complexity index is 904. The summed E-state index contributed by atoms with van der Waals surface area (Å²) >= 11 is 0. The molecule has 2 aromatic rings. The van der Waals surface area contributed by atoms with E-state index in [4.69, 9.17) is 14.2 Å². The van der Waals surface area contributed by atoms with Gasteiger partial charge in [0.25, 0.3) is 0 Å². The van der Waals surface area contributed by atoms with E-state index in [0.717, 1.165) is 5.56 Å². The van der Waals surface area contributed by atoms with E-state index in [0.29, 0.717) is 22.7 Å². The molecule has 0 radical (unpaired) electrons. The number of methoxy groups -OCH3 is 1. The van der Waals surface area contributed by atoms with Crippen molar-refractivity contribution in [3.63, 3.8) is 0 Å². The van der Waals surface area contributed by atoms with Crippen molar-refractivity contribution >= 4 is 23.3 Å². The molecule has 0 bridgehead atoms. The summed E-state index contributed by atoms with van der Waals surface area (Å²) in [6.45, 7) is 6.65. The molecule has 0 aliphatic carbocycles. The van der Waals surface area contributed by atoms with Crippen molar-refractivity contribution in [1.29, 1.82) is 0 Å². The van der Waals surface area contributed by atoms with E-state index in [9.17, 15) is 14.4 Å². The van der Waals surface area contributed by atoms with Crippen LogP contribution in [0.3, 0.4) is 0 Å². The molecule has 0 saturated heterocycles. The molecular weight excluding hydrogens is 386 g/mol. The normalized spacial score (nSPS) is 11.5. The van der Waals surface area contributed by atoms with Crippen LogP contribution in [0.1, 0.15) is 36.7 Å². The van der Waals surface area contributed by atoms with Gasteiger partial charge in [-0.25, -0.2) is 4.79 Å². The molecule has 1 unspecified atom stereocenters. The Balaban J connectivity index is 1.90. The molecule has 7 heteroatoms. The van der Waals surface area contributed by atoms with E-state index in [1.807, 2.05) is 13.0 Å². The lowest BCUT2D eigenvalue weighted by Crippen LogP contribution is -2.27. The van der Waals surface area contributed by atoms with Crippen LogP contribution in [0.15, 0.2) is 42.5 Å². The van der Waals surface area contributed by atoms with Crippen molar-refractivity contribution in [2.45, 2.75) is 33.8 Å². The molecule has 0 fully saturated rings. The lowest BCUT2D eigenvalue weighted by Gasteiger charge is -2.14. The number of esters is 1. The summed E-state index contributed by atoms with van der Waals surface area (Å²) in [6, 6.07) is 11.8. The Labute approximate surface area is 176 Å². The fourth-order valence-electron chi connectivity index (χ4n) is 2.55. The van der Waals surface area contributed by atoms with Gasteiger partial charge in [0.2, 0.25) is 11.7 Å². The van der Waals surface area contributed by atoms with Crippen LogP contribution >= 0.6 is 0 Å². The predicted octanol–water partition coefficient (Wildman–Crippen LogP) is 3.79. The van der Waals surface area contributed by atoms with E-state index < -0.39 is 12.1 Å². The van der Waals surface area contributed by atoms with Gasteiger partial charge < -0.3 is 19.5 Å². The molecule has 0 aliphatic rings. The van der Waals surface area contributed by atoms with Gasteiger partial charge in [0.15, 0.2) is 24.2 Å². The molecule has 0 spiro atoms. The quantitative estimate of drug-likeness (QED) is 0.497. The Morgan fingerprint density at radius 1 is 0.967 bits per heavy atom. The minimum Gasteiger partial charge on any atom is -0.493 e. The molecule has 1 N–H and O–H groups in total. The maximum atomic E-state index is 12.5. The average molecular weight is 413 g/mol. The van der Waals surface area contributed by atoms with Crippen LogP contribution < -0.4 is 14.8 Å². The van der Waals surface area contributed by atoms with Gasteiger partial charge in [0.1, 0.15) is 0 Å². The predicted molar refractivity (Wildman–Crippen MR) is 113 cm³/mol. The number of carbonyl (C=O) groups excluding carboxylic acids is 3. The van der Waals surface area contributed by atoms with Gasteiger partial charge in [-0.15, -0.1) is 0 Å². The average Bonchev–Trinajstić information content (AvgIpc) is 2.72. The van der Waals surface area contributed by atoms with Gasteiger partial charge in [0.05, 0.1) is 7.11 Å². The Kier molecular flexibility index (Phi) is 7.98. The number of hydrogen-bond acceptors (Lipinski definition) is 6. The minimum atomic E-state index is -0.975. The highest BCUT2D eigenvalue weighted by atomic mass is 16.6. The van der Waals surface area contributed by atoms with Crippen molar-refractivity contribution in [3.8, 4) is 11.5 Å². The molecule has 7 nitrogen and oxygen atoms in total. The number of nitrogens with one attached hydrogen (secondary N) is 1. The van der Waals surface area contributed by atoms with Crippen LogP contribution in [0.5, 0.6) is 11.5 Å². The van der Waals surface area contributed by atoms with Crippen LogP contribution in [-0.2, 0) is 14.3 Å². The molecule has 2 rings (SSSR count). The van der Waals surface area contributed by atoms with Crippen LogP contribution in [0.2, 0.25) is 0 Å². The second kappa shape index (κ2) is 10.4. The Hall–Kier alpha value is -3.35. The number of hydrogen-bond donors (Lipinski definition) is 1. The van der Waals surface area contributed by atoms with E-state index >= 15 is 0 Å². The zero-order valence-electron chi connectivity index (χ0n) is 17.9. The number of aryl methyl sites for hydroxylation is 1. The van der Waals surface area contributed by atoms with Gasteiger partial charge in [-0.3, -0.25) is 9.59 Å². The summed E-state index contributed by atoms with van der Waals surface area (Å²) < 4.78 is 15.9. The molecule has 160 valence electrons. The SMILES string of the molecule is COc1cc(C)ccc1OCC(=O)OC(C)C(=O)c1ccc(NC(=O)C(C)C)cc1. The van der Waals surface area contributed by atoms with Gasteiger partial charge in [-0.05, 0) is 55.8 Å². The number of ketones is 1. The van der Waals surface area contributed by atoms with E-state index in [1.165, 1.54) is 14.0 Å². The third kappa shape index (κ3) is 6.34. The van der Waals surface area contributed by atoms with E-state index in [-0.39, 0.29) is 24.2 Å². The first-order valence-electron chi connectivity index (χ1n) is 9.63. The van der Waals surface area contributed by atoms with Crippen molar-refractivity contribution in [1.82, 2.24) is 0 Å². The molecule has 1 atom stereocenters. The molecule has 1 amide bonds. The standard InChI is InChI=1S/C23H27NO6/c1-14(2)23(27)24-18-9-7-17(8-10-18)22(26)16(4)30-21(25)13-29-19-11-6-15(3)12-20(19)28-5/h6-12,14,16H,13H2,1-5H3,(H,24,27). The van der Waals surface area contributed by atoms with Crippen molar-refractivity contribution in [2.75, 3.05) is 19.0 Å². The lowest BCUT2D eigenvalue weighted by molar-refractivity contribution is -0.148. The molecule has 2 aromatic carbocycles. The molecule has 0 heterocycles. The summed E-state index contributed by atoms with van der Waals surface area (Å²) in [5.74, 6) is -0.346. The van der Waals surface area contributed by atoms with Gasteiger partial charge in [-0.1, -0.05) is 19.9 Å². The number of amides is 1. The Morgan fingerprint density at radius 3 is 2.23 bits per heavy atom. The largest absolute Gasteiger partial charge is 0.493 e. The second-order valence-corrected chi connectivity index (χ2v) is 7.16. The summed E-state index contributed by atoms with van der Waals surface area (Å²) in [7, 11) is 1.51. The Morgan fingerprint density at radius 2 is 1.63 bits per heavy atom. The third-order valence-electron chi connectivity index (χ3n) is 4.30. The first-order chi connectivity index (χ1) is 14.2. The number of carbonyl (C=O) groups is 3. The van der Waals surface area contributed by atoms with Crippen molar-refractivity contribution < 1.29 is 28.6 Å². The fourth-order valence-corrected chi connectivity index (χ4v) is 2.55. The maximum absolute atomic E-state index is 12.5. The summed E-state index contributed by atoms with van der Waals surface area (Å²) in [5.41, 5.74) is 1.96. The topological polar surface area (TPSA) is 90.9 Å². The smallest absolute Gasteiger partial charge is 0.344 e. The van der Waals surface area contributed by atoms with Crippen molar-refractivity contribution in [2.24, 2.45) is 5.92 Å². The first-order valence-corrected chi connectivity index (χ1v) is 9.63. The summed E-state index contributed by atoms with van der Waals surface area (Å²) in [4.78, 5) is 36.3. The summed E-state index contributed by atoms with van der Waals surface area (Å²) in [5, 5.41) is 2.75. The van der Waals surface area contributed by atoms with E-state index in [1.54, 1.807) is 50.2 Å². The van der Waals surface area contributed by atoms with Gasteiger partial charge >= 0.3 is 5.97 Å². The van der Waals surface area contributed by atoms with Crippen LogP contribution in [0.4, 0.5) is 5.69 Å². The number of Topliss-reactive ketones (excluding diaryl/α,β-unsaturated/α-hetero) is 1. The zero-order chi connectivity index (χ0) is 22.3. The number of ether oxygens (including phenoxy) is 3. The molecule has 0 aromatic heterocycles. The molecule has 0 aliphatic heterocycles. The number of anilines is 1. The van der Waals surface area contributed by atoms with Crippen LogP contribution in [-0.4, -0.2) is 37.5 Å². The van der Waals surface area contributed by atoms with Crippen LogP contribution in [0, 0.1) is 12.8 Å². The first kappa shape index (κ1) is 22.9. The number of rotatable bonds is 9. The monoisotopic (exact) mass is 413 g/mol. The highest BCUT2D eigenvalue weighted by molar-refractivity contribution is 6.01. The van der Waals surface area contributed by atoms with Gasteiger partial charge in [-0.2, -0.15) is 0 Å². The molecule has 0 saturated carbocycles. The van der Waals surface area contributed by atoms with E-state index in [2.05, 4.69) is 5.32 Å². The maximum Gasteiger partial charge on any atom is 0.344 e. The third-order valence-corrected chi connectivity index (χ3v) is 4.30. The minimum absolute atomic E-state index is 0.110. The lowest BCUT2D eigenvalue weighted by atomic mass is 10.1. The molecular formula is C23H27NO6. The zero-order valence-corrected chi connectivity index (χ0v) is 17.9. The second-order valence-electron chi connectivity index (χ2n) is 7.16. The van der Waals surface area contributed by atoms with Crippen LogP contribution in [0.25, 0.3) is 0 Å². The fraction of sp³-hybridized carbons (Fsp3) is 0.348. The van der Waals surface area contributed by atoms with Gasteiger partial charge in [0, 0.05) is 17.2 Å². The highest BCUT2D eigenvalue weighted by Crippen LogP contribution is 2.27. The highest BCUT2D eigenvalue weighted by Gasteiger charge is 2.20.